The number of fused-ring (bicyclic) bond motifs is 1. The van der Waals surface area contributed by atoms with Crippen LogP contribution in [0, 0.1) is 5.82 Å². The lowest BCUT2D eigenvalue weighted by atomic mass is 10.00. The van der Waals surface area contributed by atoms with Gasteiger partial charge < -0.3 is 14.7 Å². The maximum absolute atomic E-state index is 15.3. The largest absolute Gasteiger partial charge is 0.352 e. The highest BCUT2D eigenvalue weighted by Gasteiger charge is 2.23. The molecule has 2 aromatic carbocycles. The lowest BCUT2D eigenvalue weighted by molar-refractivity contribution is -0.126. The van der Waals surface area contributed by atoms with Crippen molar-refractivity contribution in [3.05, 3.63) is 65.7 Å². The summed E-state index contributed by atoms with van der Waals surface area (Å²) in [6.45, 7) is 5.86. The molecule has 9 heteroatoms. The van der Waals surface area contributed by atoms with Gasteiger partial charge in [0.05, 0.1) is 11.1 Å². The molecule has 4 rings (SSSR count). The standard InChI is InChI=1S/C24H23ClFN5O2/c1-4-21(32)30-8-10-31(11-9-30)23-18-12-19(25)17(13-20(18)27-14-28-23)15-6-5-7-16(22(15)26)24(33)29(2)3/h4-7,12-14H,1,8-11H2,2-3H3. The highest BCUT2D eigenvalue weighted by Crippen LogP contribution is 2.36. The number of amides is 2. The van der Waals surface area contributed by atoms with E-state index >= 15 is 4.39 Å². The normalized spacial score (nSPS) is 13.8. The number of benzene rings is 2. The summed E-state index contributed by atoms with van der Waals surface area (Å²) in [5, 5.41) is 1.06. The first-order valence-corrected chi connectivity index (χ1v) is 10.8. The quantitative estimate of drug-likeness (QED) is 0.548. The number of carbonyl (C=O) groups excluding carboxylic acids is 2. The fourth-order valence-corrected chi connectivity index (χ4v) is 4.20. The second-order valence-corrected chi connectivity index (χ2v) is 8.34. The van der Waals surface area contributed by atoms with Gasteiger partial charge in [-0.25, -0.2) is 14.4 Å². The van der Waals surface area contributed by atoms with E-state index in [2.05, 4.69) is 21.4 Å². The highest BCUT2D eigenvalue weighted by atomic mass is 35.5. The van der Waals surface area contributed by atoms with Gasteiger partial charge in [0.2, 0.25) is 5.91 Å². The van der Waals surface area contributed by atoms with Crippen LogP contribution in [0.1, 0.15) is 10.4 Å². The van der Waals surface area contributed by atoms with E-state index < -0.39 is 11.7 Å². The fourth-order valence-electron chi connectivity index (χ4n) is 3.94. The zero-order valence-electron chi connectivity index (χ0n) is 18.4. The average molecular weight is 468 g/mol. The molecule has 33 heavy (non-hydrogen) atoms. The minimum atomic E-state index is -0.630. The summed E-state index contributed by atoms with van der Waals surface area (Å²) < 4.78 is 15.3. The van der Waals surface area contributed by atoms with Crippen molar-refractivity contribution in [3.8, 4) is 11.1 Å². The van der Waals surface area contributed by atoms with Crippen LogP contribution >= 0.6 is 11.6 Å². The number of hydrogen-bond donors (Lipinski definition) is 0. The minimum absolute atomic E-state index is 0.0241. The molecule has 1 aromatic heterocycles. The molecule has 2 heterocycles. The molecule has 7 nitrogen and oxygen atoms in total. The third kappa shape index (κ3) is 4.26. The van der Waals surface area contributed by atoms with Crippen molar-refractivity contribution in [1.82, 2.24) is 19.8 Å². The molecule has 1 saturated heterocycles. The van der Waals surface area contributed by atoms with Crippen LogP contribution in [0.25, 0.3) is 22.0 Å². The Bertz CT molecular complexity index is 1260. The lowest BCUT2D eigenvalue weighted by Crippen LogP contribution is -2.48. The number of aromatic nitrogens is 2. The van der Waals surface area contributed by atoms with Gasteiger partial charge in [-0.05, 0) is 24.3 Å². The van der Waals surface area contributed by atoms with Crippen LogP contribution in [-0.2, 0) is 4.79 Å². The summed E-state index contributed by atoms with van der Waals surface area (Å²) in [5.41, 5.74) is 1.25. The van der Waals surface area contributed by atoms with E-state index in [1.54, 1.807) is 43.3 Å². The molecular formula is C24H23ClFN5O2. The average Bonchev–Trinajstić information content (AvgIpc) is 2.82. The molecule has 0 saturated carbocycles. The molecule has 0 radical (unpaired) electrons. The molecule has 3 aromatic rings. The number of piperazine rings is 1. The Labute approximate surface area is 196 Å². The maximum Gasteiger partial charge on any atom is 0.256 e. The van der Waals surface area contributed by atoms with Crippen LogP contribution in [0.5, 0.6) is 0 Å². The van der Waals surface area contributed by atoms with Crippen LogP contribution < -0.4 is 4.90 Å². The summed E-state index contributed by atoms with van der Waals surface area (Å²) in [7, 11) is 3.14. The molecule has 0 aliphatic carbocycles. The SMILES string of the molecule is C=CC(=O)N1CCN(c2ncnc3cc(-c4cccc(C(=O)N(C)C)c4F)c(Cl)cc23)CC1. The highest BCUT2D eigenvalue weighted by molar-refractivity contribution is 6.34. The van der Waals surface area contributed by atoms with E-state index in [1.165, 1.54) is 23.4 Å². The number of nitrogens with zero attached hydrogens (tertiary/aromatic N) is 5. The van der Waals surface area contributed by atoms with Crippen molar-refractivity contribution in [1.29, 1.82) is 0 Å². The Hall–Kier alpha value is -3.52. The van der Waals surface area contributed by atoms with Crippen LogP contribution in [0.3, 0.4) is 0 Å². The minimum Gasteiger partial charge on any atom is -0.352 e. The van der Waals surface area contributed by atoms with Crippen molar-refractivity contribution in [3.63, 3.8) is 0 Å². The Morgan fingerprint density at radius 1 is 1.12 bits per heavy atom. The van der Waals surface area contributed by atoms with Gasteiger partial charge in [0.25, 0.3) is 5.91 Å². The van der Waals surface area contributed by atoms with Gasteiger partial charge in [-0.2, -0.15) is 0 Å². The fraction of sp³-hybridized carbons (Fsp3) is 0.250. The molecule has 0 bridgehead atoms. The van der Waals surface area contributed by atoms with E-state index in [-0.39, 0.29) is 17.0 Å². The predicted molar refractivity (Wildman–Crippen MR) is 127 cm³/mol. The number of rotatable bonds is 4. The number of carbonyl (C=O) groups is 2. The molecule has 1 fully saturated rings. The van der Waals surface area contributed by atoms with Gasteiger partial charge in [-0.15, -0.1) is 0 Å². The van der Waals surface area contributed by atoms with Crippen molar-refractivity contribution >= 4 is 40.1 Å². The second kappa shape index (κ2) is 9.15. The first-order chi connectivity index (χ1) is 15.8. The van der Waals surface area contributed by atoms with Crippen LogP contribution in [-0.4, -0.2) is 71.9 Å². The summed E-state index contributed by atoms with van der Waals surface area (Å²) >= 11 is 6.60. The second-order valence-electron chi connectivity index (χ2n) is 7.93. The van der Waals surface area contributed by atoms with E-state index in [1.807, 2.05) is 0 Å². The predicted octanol–water partition coefficient (Wildman–Crippen LogP) is 3.63. The van der Waals surface area contributed by atoms with E-state index in [0.717, 1.165) is 5.39 Å². The van der Waals surface area contributed by atoms with Gasteiger partial charge in [-0.1, -0.05) is 30.3 Å². The monoisotopic (exact) mass is 467 g/mol. The van der Waals surface area contributed by atoms with Crippen molar-refractivity contribution in [2.75, 3.05) is 45.2 Å². The van der Waals surface area contributed by atoms with E-state index in [9.17, 15) is 9.59 Å². The van der Waals surface area contributed by atoms with Gasteiger partial charge in [0.1, 0.15) is 18.0 Å². The van der Waals surface area contributed by atoms with Crippen LogP contribution in [0.2, 0.25) is 5.02 Å². The summed E-state index contributed by atoms with van der Waals surface area (Å²) in [6, 6.07) is 8.11. The number of hydrogen-bond acceptors (Lipinski definition) is 5. The maximum atomic E-state index is 15.3. The van der Waals surface area contributed by atoms with Gasteiger partial charge in [0, 0.05) is 61.8 Å². The Morgan fingerprint density at radius 3 is 2.52 bits per heavy atom. The summed E-state index contributed by atoms with van der Waals surface area (Å²) in [4.78, 5) is 38.2. The first-order valence-electron chi connectivity index (χ1n) is 10.4. The van der Waals surface area contributed by atoms with Crippen molar-refractivity contribution in [2.24, 2.45) is 0 Å². The lowest BCUT2D eigenvalue weighted by Gasteiger charge is -2.35. The van der Waals surface area contributed by atoms with E-state index in [4.69, 9.17) is 11.6 Å². The van der Waals surface area contributed by atoms with Gasteiger partial charge in [-0.3, -0.25) is 9.59 Å². The van der Waals surface area contributed by atoms with E-state index in [0.29, 0.717) is 48.1 Å². The summed E-state index contributed by atoms with van der Waals surface area (Å²) in [5.74, 6) is -0.442. The Balaban J connectivity index is 1.72. The third-order valence-corrected chi connectivity index (χ3v) is 6.01. The van der Waals surface area contributed by atoms with Crippen molar-refractivity contribution in [2.45, 2.75) is 0 Å². The molecule has 1 aliphatic rings. The first kappa shape index (κ1) is 22.7. The topological polar surface area (TPSA) is 69.6 Å². The van der Waals surface area contributed by atoms with Crippen LogP contribution in [0.15, 0.2) is 49.3 Å². The Morgan fingerprint density at radius 2 is 1.85 bits per heavy atom. The smallest absolute Gasteiger partial charge is 0.256 e. The molecule has 0 atom stereocenters. The molecule has 0 unspecified atom stereocenters. The molecule has 170 valence electrons. The number of anilines is 1. The van der Waals surface area contributed by atoms with Gasteiger partial charge >= 0.3 is 0 Å². The molecule has 0 N–H and O–H groups in total. The molecule has 0 spiro atoms. The third-order valence-electron chi connectivity index (χ3n) is 5.69. The number of halogens is 2. The Kier molecular flexibility index (Phi) is 6.29. The van der Waals surface area contributed by atoms with Gasteiger partial charge in [0.15, 0.2) is 0 Å². The zero-order valence-corrected chi connectivity index (χ0v) is 19.1. The molecular weight excluding hydrogens is 445 g/mol. The van der Waals surface area contributed by atoms with Crippen LogP contribution in [0.4, 0.5) is 10.2 Å². The molecule has 1 aliphatic heterocycles. The summed E-state index contributed by atoms with van der Waals surface area (Å²) in [6.07, 6.45) is 2.77. The zero-order chi connectivity index (χ0) is 23.7. The van der Waals surface area contributed by atoms with Crippen molar-refractivity contribution < 1.29 is 14.0 Å². The molecule has 2 amide bonds.